The summed E-state index contributed by atoms with van der Waals surface area (Å²) < 4.78 is 4.43. The molecule has 6 heteroatoms. The number of nitrogens with one attached hydrogen (secondary N) is 1. The molecule has 1 aliphatic carbocycles. The lowest BCUT2D eigenvalue weighted by atomic mass is 10.1. The van der Waals surface area contributed by atoms with Crippen molar-refractivity contribution in [3.63, 3.8) is 0 Å². The molecule has 0 aromatic heterocycles. The maximum absolute atomic E-state index is 11.7. The summed E-state index contributed by atoms with van der Waals surface area (Å²) in [4.78, 5) is 23.1. The summed E-state index contributed by atoms with van der Waals surface area (Å²) >= 11 is 1.45. The molecule has 5 nitrogen and oxygen atoms in total. The van der Waals surface area contributed by atoms with Crippen LogP contribution in [0.4, 0.5) is 4.79 Å². The molecule has 0 aliphatic heterocycles. The van der Waals surface area contributed by atoms with Crippen LogP contribution in [-0.4, -0.2) is 39.3 Å². The van der Waals surface area contributed by atoms with E-state index in [1.807, 2.05) is 6.92 Å². The number of rotatable bonds is 4. The largest absolute Gasteiger partial charge is 0.480 e. The number of carboxylic acids is 1. The van der Waals surface area contributed by atoms with Gasteiger partial charge in [0.2, 0.25) is 0 Å². The zero-order valence-electron chi connectivity index (χ0n) is 12.0. The number of aliphatic carboxylic acids is 1. The van der Waals surface area contributed by atoms with Crippen molar-refractivity contribution in [3.8, 4) is 0 Å². The predicted octanol–water partition coefficient (Wildman–Crippen LogP) is 2.64. The van der Waals surface area contributed by atoms with Crippen molar-refractivity contribution in [3.05, 3.63) is 0 Å². The van der Waals surface area contributed by atoms with Crippen molar-refractivity contribution in [2.45, 2.75) is 63.3 Å². The molecule has 19 heavy (non-hydrogen) atoms. The third-order valence-electron chi connectivity index (χ3n) is 3.00. The van der Waals surface area contributed by atoms with E-state index in [1.165, 1.54) is 11.8 Å². The van der Waals surface area contributed by atoms with Crippen LogP contribution in [0.15, 0.2) is 0 Å². The maximum atomic E-state index is 11.7. The van der Waals surface area contributed by atoms with Gasteiger partial charge in [0.1, 0.15) is 10.3 Å². The lowest BCUT2D eigenvalue weighted by Gasteiger charge is -2.24. The van der Waals surface area contributed by atoms with Crippen LogP contribution in [0.25, 0.3) is 0 Å². The number of thioether (sulfide) groups is 1. The lowest BCUT2D eigenvalue weighted by Crippen LogP contribution is -2.40. The van der Waals surface area contributed by atoms with Gasteiger partial charge in [0, 0.05) is 6.04 Å². The molecule has 0 bridgehead atoms. The van der Waals surface area contributed by atoms with Crippen molar-refractivity contribution < 1.29 is 19.4 Å². The summed E-state index contributed by atoms with van der Waals surface area (Å²) in [6, 6.07) is -0.120. The molecule has 0 heterocycles. The summed E-state index contributed by atoms with van der Waals surface area (Å²) in [6.45, 7) is 7.35. The summed E-state index contributed by atoms with van der Waals surface area (Å²) in [6.07, 6.45) is 1.25. The van der Waals surface area contributed by atoms with Gasteiger partial charge in [-0.15, -0.1) is 11.8 Å². The Bertz CT molecular complexity index is 353. The molecule has 110 valence electrons. The quantitative estimate of drug-likeness (QED) is 0.832. The van der Waals surface area contributed by atoms with E-state index in [0.717, 1.165) is 5.75 Å². The van der Waals surface area contributed by atoms with Crippen LogP contribution in [0.3, 0.4) is 0 Å². The van der Waals surface area contributed by atoms with Gasteiger partial charge in [-0.25, -0.2) is 4.79 Å². The second-order valence-electron chi connectivity index (χ2n) is 5.82. The number of carbonyl (C=O) groups is 2. The van der Waals surface area contributed by atoms with E-state index < -0.39 is 22.4 Å². The number of amides is 1. The fourth-order valence-corrected chi connectivity index (χ4v) is 3.53. The predicted molar refractivity (Wildman–Crippen MR) is 75.5 cm³/mol. The van der Waals surface area contributed by atoms with Crippen LogP contribution in [0.1, 0.15) is 47.0 Å². The first-order valence-electron chi connectivity index (χ1n) is 6.55. The van der Waals surface area contributed by atoms with E-state index in [1.54, 1.807) is 20.8 Å². The van der Waals surface area contributed by atoms with Gasteiger partial charge in [0.25, 0.3) is 0 Å². The maximum Gasteiger partial charge on any atom is 0.407 e. The molecule has 0 aromatic carbocycles. The van der Waals surface area contributed by atoms with Crippen molar-refractivity contribution >= 4 is 23.8 Å². The van der Waals surface area contributed by atoms with Gasteiger partial charge in [-0.1, -0.05) is 6.92 Å². The molecule has 2 atom stereocenters. The molecule has 2 N–H and O–H groups in total. The number of carbonyl (C=O) groups excluding carboxylic acids is 1. The van der Waals surface area contributed by atoms with Crippen LogP contribution >= 0.6 is 11.8 Å². The summed E-state index contributed by atoms with van der Waals surface area (Å²) in [7, 11) is 0. The summed E-state index contributed by atoms with van der Waals surface area (Å²) in [5.41, 5.74) is -0.537. The Morgan fingerprint density at radius 2 is 2.11 bits per heavy atom. The Kier molecular flexibility index (Phi) is 5.12. The third kappa shape index (κ3) is 4.60. The number of ether oxygens (including phenoxy) is 1. The molecule has 1 saturated carbocycles. The fraction of sp³-hybridized carbons (Fsp3) is 0.846. The van der Waals surface area contributed by atoms with E-state index in [9.17, 15) is 14.7 Å². The monoisotopic (exact) mass is 289 g/mol. The Balaban J connectivity index is 2.56. The summed E-state index contributed by atoms with van der Waals surface area (Å²) in [5, 5.41) is 12.1. The minimum atomic E-state index is -0.784. The topological polar surface area (TPSA) is 75.6 Å². The van der Waals surface area contributed by atoms with Gasteiger partial charge in [-0.05, 0) is 45.8 Å². The highest BCUT2D eigenvalue weighted by atomic mass is 32.2. The first kappa shape index (κ1) is 16.1. The highest BCUT2D eigenvalue weighted by molar-refractivity contribution is 8.01. The normalized spacial score (nSPS) is 27.1. The van der Waals surface area contributed by atoms with Crippen LogP contribution in [0.2, 0.25) is 0 Å². The first-order chi connectivity index (χ1) is 8.68. The van der Waals surface area contributed by atoms with E-state index in [0.29, 0.717) is 19.3 Å². The molecular formula is C13H23NO4S. The lowest BCUT2D eigenvalue weighted by molar-refractivity contribution is -0.139. The zero-order chi connectivity index (χ0) is 14.7. The van der Waals surface area contributed by atoms with E-state index in [2.05, 4.69) is 5.32 Å². The highest BCUT2D eigenvalue weighted by Crippen LogP contribution is 2.41. The molecule has 0 saturated heterocycles. The van der Waals surface area contributed by atoms with Crippen LogP contribution in [0.5, 0.6) is 0 Å². The highest BCUT2D eigenvalue weighted by Gasteiger charge is 2.46. The second kappa shape index (κ2) is 6.03. The minimum absolute atomic E-state index is 0.120. The fourth-order valence-electron chi connectivity index (χ4n) is 2.27. The molecule has 1 rings (SSSR count). The average Bonchev–Trinajstić information content (AvgIpc) is 2.60. The molecule has 0 aromatic rings. The summed E-state index contributed by atoms with van der Waals surface area (Å²) in [5.74, 6) is -0.0290. The Hall–Kier alpha value is -0.910. The average molecular weight is 289 g/mol. The van der Waals surface area contributed by atoms with E-state index in [-0.39, 0.29) is 6.04 Å². The van der Waals surface area contributed by atoms with Gasteiger partial charge < -0.3 is 15.2 Å². The third-order valence-corrected chi connectivity index (χ3v) is 4.39. The second-order valence-corrected chi connectivity index (χ2v) is 7.47. The van der Waals surface area contributed by atoms with Crippen molar-refractivity contribution in [2.24, 2.45) is 0 Å². The molecule has 0 radical (unpaired) electrons. The van der Waals surface area contributed by atoms with Crippen molar-refractivity contribution in [1.29, 1.82) is 0 Å². The smallest absolute Gasteiger partial charge is 0.407 e. The van der Waals surface area contributed by atoms with Gasteiger partial charge in [-0.3, -0.25) is 4.79 Å². The SMILES string of the molecule is CCS[C@]1(C(=O)O)CC[C@@H](NC(=O)OC(C)(C)C)C1. The number of alkyl carbamates (subject to hydrolysis) is 1. The molecule has 1 fully saturated rings. The van der Waals surface area contributed by atoms with Gasteiger partial charge in [0.05, 0.1) is 0 Å². The van der Waals surface area contributed by atoms with E-state index in [4.69, 9.17) is 4.74 Å². The van der Waals surface area contributed by atoms with Crippen LogP contribution in [-0.2, 0) is 9.53 Å². The Morgan fingerprint density at radius 1 is 1.47 bits per heavy atom. The van der Waals surface area contributed by atoms with Crippen molar-refractivity contribution in [1.82, 2.24) is 5.32 Å². The van der Waals surface area contributed by atoms with Gasteiger partial charge in [0.15, 0.2) is 0 Å². The standard InChI is InChI=1S/C13H23NO4S/c1-5-19-13(10(15)16)7-6-9(8-13)14-11(17)18-12(2,3)4/h9H,5-8H2,1-4H3,(H,14,17)(H,15,16)/t9-,13-/m1/s1. The molecule has 0 unspecified atom stereocenters. The molecule has 1 amide bonds. The van der Waals surface area contributed by atoms with E-state index >= 15 is 0 Å². The zero-order valence-corrected chi connectivity index (χ0v) is 12.8. The number of carboxylic acid groups (broad SMARTS) is 1. The van der Waals surface area contributed by atoms with Gasteiger partial charge in [-0.2, -0.15) is 0 Å². The van der Waals surface area contributed by atoms with Crippen molar-refractivity contribution in [2.75, 3.05) is 5.75 Å². The molecule has 0 spiro atoms. The van der Waals surface area contributed by atoms with Crippen LogP contribution < -0.4 is 5.32 Å². The number of hydrogen-bond acceptors (Lipinski definition) is 4. The molecule has 1 aliphatic rings. The number of hydrogen-bond donors (Lipinski definition) is 2. The van der Waals surface area contributed by atoms with Crippen LogP contribution in [0, 0.1) is 0 Å². The molecular weight excluding hydrogens is 266 g/mol. The first-order valence-corrected chi connectivity index (χ1v) is 7.54. The Morgan fingerprint density at radius 3 is 2.58 bits per heavy atom. The van der Waals surface area contributed by atoms with Gasteiger partial charge >= 0.3 is 12.1 Å². The minimum Gasteiger partial charge on any atom is -0.480 e. The Labute approximate surface area is 118 Å².